The molecule has 1 aromatic heterocycles. The van der Waals surface area contributed by atoms with Crippen molar-refractivity contribution in [1.82, 2.24) is 4.98 Å². The van der Waals surface area contributed by atoms with Crippen LogP contribution in [0.2, 0.25) is 0 Å². The lowest BCUT2D eigenvalue weighted by Gasteiger charge is -2.28. The minimum atomic E-state index is -0.692. The number of carbonyl (C=O) groups is 3. The molecule has 0 aliphatic carbocycles. The lowest BCUT2D eigenvalue weighted by Crippen LogP contribution is -2.32. The molecular formula is C26H33NO6. The summed E-state index contributed by atoms with van der Waals surface area (Å²) in [4.78, 5) is 41.2. The topological polar surface area (TPSA) is 91.8 Å². The summed E-state index contributed by atoms with van der Waals surface area (Å²) >= 11 is 0. The number of Topliss-reactive ketones (excluding diaryl/α,β-unsaturated/α-hetero) is 1. The maximum Gasteiger partial charge on any atom is 0.309 e. The van der Waals surface area contributed by atoms with Gasteiger partial charge in [0, 0.05) is 31.5 Å². The van der Waals surface area contributed by atoms with Crippen molar-refractivity contribution in [2.45, 2.75) is 53.6 Å². The van der Waals surface area contributed by atoms with Crippen LogP contribution in [-0.4, -0.2) is 35.9 Å². The number of nitrogens with zero attached hydrogens (tertiary/aromatic N) is 1. The molecule has 7 heteroatoms. The van der Waals surface area contributed by atoms with Crippen LogP contribution in [0.3, 0.4) is 0 Å². The standard InChI is InChI=1S/C26H33NO6/c1-16(2)21(15-20-10-8-7-9-11-20)18(4)32-26(30)17(3)14-22(29)24-25(33-19(5)28)23(31-6)12-13-27-24/h7-13,16-18,21H,14-15H2,1-6H3/t17-,18+,21-/m1/s1. The molecule has 0 aliphatic heterocycles. The molecule has 178 valence electrons. The fourth-order valence-electron chi connectivity index (χ4n) is 3.71. The van der Waals surface area contributed by atoms with Gasteiger partial charge in [0.15, 0.2) is 17.2 Å². The second-order valence-corrected chi connectivity index (χ2v) is 8.55. The van der Waals surface area contributed by atoms with Crippen LogP contribution in [0, 0.1) is 17.8 Å². The van der Waals surface area contributed by atoms with Crippen LogP contribution >= 0.6 is 0 Å². The third-order valence-corrected chi connectivity index (χ3v) is 5.57. The van der Waals surface area contributed by atoms with E-state index in [0.717, 1.165) is 6.42 Å². The summed E-state index contributed by atoms with van der Waals surface area (Å²) in [6, 6.07) is 11.6. The Balaban J connectivity index is 2.07. The van der Waals surface area contributed by atoms with Gasteiger partial charge in [0.1, 0.15) is 6.10 Å². The number of aromatic nitrogens is 1. The maximum atomic E-state index is 12.9. The van der Waals surface area contributed by atoms with E-state index in [1.54, 1.807) is 6.92 Å². The third-order valence-electron chi connectivity index (χ3n) is 5.57. The van der Waals surface area contributed by atoms with Gasteiger partial charge in [-0.1, -0.05) is 51.1 Å². The smallest absolute Gasteiger partial charge is 0.309 e. The maximum absolute atomic E-state index is 12.9. The summed E-state index contributed by atoms with van der Waals surface area (Å²) in [5, 5.41) is 0. The minimum Gasteiger partial charge on any atom is -0.493 e. The van der Waals surface area contributed by atoms with Crippen molar-refractivity contribution in [3.8, 4) is 11.5 Å². The zero-order chi connectivity index (χ0) is 24.5. The Morgan fingerprint density at radius 2 is 1.67 bits per heavy atom. The van der Waals surface area contributed by atoms with Gasteiger partial charge in [-0.15, -0.1) is 0 Å². The Kier molecular flexibility index (Phi) is 9.57. The van der Waals surface area contributed by atoms with Crippen molar-refractivity contribution < 1.29 is 28.6 Å². The number of benzene rings is 1. The fourth-order valence-corrected chi connectivity index (χ4v) is 3.71. The highest BCUT2D eigenvalue weighted by Gasteiger charge is 2.29. The number of pyridine rings is 1. The van der Waals surface area contributed by atoms with Gasteiger partial charge < -0.3 is 14.2 Å². The summed E-state index contributed by atoms with van der Waals surface area (Å²) in [6.07, 6.45) is 1.73. The number of ketones is 1. The summed E-state index contributed by atoms with van der Waals surface area (Å²) in [5.41, 5.74) is 1.13. The van der Waals surface area contributed by atoms with Crippen molar-refractivity contribution in [3.05, 3.63) is 53.9 Å². The monoisotopic (exact) mass is 455 g/mol. The van der Waals surface area contributed by atoms with Gasteiger partial charge >= 0.3 is 11.9 Å². The van der Waals surface area contributed by atoms with Crippen molar-refractivity contribution in [1.29, 1.82) is 0 Å². The molecular weight excluding hydrogens is 422 g/mol. The summed E-state index contributed by atoms with van der Waals surface area (Å²) < 4.78 is 16.1. The first kappa shape index (κ1) is 26.0. The predicted molar refractivity (Wildman–Crippen MR) is 124 cm³/mol. The van der Waals surface area contributed by atoms with E-state index in [4.69, 9.17) is 14.2 Å². The summed E-state index contributed by atoms with van der Waals surface area (Å²) in [6.45, 7) is 8.97. The summed E-state index contributed by atoms with van der Waals surface area (Å²) in [5.74, 6) is -1.58. The van der Waals surface area contributed by atoms with E-state index < -0.39 is 23.6 Å². The number of rotatable bonds is 11. The first-order chi connectivity index (χ1) is 15.6. The number of methoxy groups -OCH3 is 1. The van der Waals surface area contributed by atoms with Crippen LogP contribution in [0.5, 0.6) is 11.5 Å². The number of esters is 2. The molecule has 0 saturated carbocycles. The third kappa shape index (κ3) is 7.41. The number of hydrogen-bond acceptors (Lipinski definition) is 7. The van der Waals surface area contributed by atoms with E-state index in [2.05, 4.69) is 31.0 Å². The van der Waals surface area contributed by atoms with Gasteiger partial charge in [0.25, 0.3) is 0 Å². The normalized spacial score (nSPS) is 13.7. The second kappa shape index (κ2) is 12.1. The number of ether oxygens (including phenoxy) is 3. The molecule has 0 amide bonds. The Bertz CT molecular complexity index is 957. The second-order valence-electron chi connectivity index (χ2n) is 8.55. The van der Waals surface area contributed by atoms with E-state index in [-0.39, 0.29) is 35.6 Å². The summed E-state index contributed by atoms with van der Waals surface area (Å²) in [7, 11) is 1.40. The molecule has 0 fully saturated rings. The molecule has 2 aromatic rings. The van der Waals surface area contributed by atoms with E-state index in [0.29, 0.717) is 5.92 Å². The van der Waals surface area contributed by atoms with Crippen LogP contribution in [0.25, 0.3) is 0 Å². The molecule has 0 saturated heterocycles. The fraction of sp³-hybridized carbons (Fsp3) is 0.462. The molecule has 0 bridgehead atoms. The van der Waals surface area contributed by atoms with Gasteiger partial charge in [-0.25, -0.2) is 4.98 Å². The average Bonchev–Trinajstić information content (AvgIpc) is 2.77. The zero-order valence-electron chi connectivity index (χ0n) is 20.2. The molecule has 2 rings (SSSR count). The highest BCUT2D eigenvalue weighted by Crippen LogP contribution is 2.31. The SMILES string of the molecule is COc1ccnc(C(=O)C[C@@H](C)C(=O)O[C@@H](C)[C@H](Cc2ccccc2)C(C)C)c1OC(C)=O. The van der Waals surface area contributed by atoms with Crippen LogP contribution in [0.1, 0.15) is 57.1 Å². The lowest BCUT2D eigenvalue weighted by atomic mass is 9.85. The Morgan fingerprint density at radius 1 is 1.00 bits per heavy atom. The van der Waals surface area contributed by atoms with Gasteiger partial charge in [-0.05, 0) is 24.8 Å². The quantitative estimate of drug-likeness (QED) is 0.359. The highest BCUT2D eigenvalue weighted by atomic mass is 16.6. The van der Waals surface area contributed by atoms with Crippen molar-refractivity contribution in [2.24, 2.45) is 17.8 Å². The molecule has 0 aliphatic rings. The average molecular weight is 456 g/mol. The van der Waals surface area contributed by atoms with E-state index in [1.165, 1.54) is 31.9 Å². The number of carbonyl (C=O) groups excluding carboxylic acids is 3. The van der Waals surface area contributed by atoms with Crippen LogP contribution in [-0.2, 0) is 20.7 Å². The van der Waals surface area contributed by atoms with Crippen LogP contribution < -0.4 is 9.47 Å². The highest BCUT2D eigenvalue weighted by molar-refractivity contribution is 5.99. The molecule has 0 spiro atoms. The molecule has 1 heterocycles. The van der Waals surface area contributed by atoms with Crippen LogP contribution in [0.15, 0.2) is 42.6 Å². The van der Waals surface area contributed by atoms with Gasteiger partial charge in [0.2, 0.25) is 5.75 Å². The van der Waals surface area contributed by atoms with Gasteiger partial charge in [0.05, 0.1) is 13.0 Å². The lowest BCUT2D eigenvalue weighted by molar-refractivity contribution is -0.156. The molecule has 0 radical (unpaired) electrons. The van der Waals surface area contributed by atoms with Crippen molar-refractivity contribution >= 4 is 17.7 Å². The molecule has 0 unspecified atom stereocenters. The van der Waals surface area contributed by atoms with E-state index >= 15 is 0 Å². The Morgan fingerprint density at radius 3 is 2.24 bits per heavy atom. The van der Waals surface area contributed by atoms with Crippen molar-refractivity contribution in [2.75, 3.05) is 7.11 Å². The van der Waals surface area contributed by atoms with Gasteiger partial charge in [-0.2, -0.15) is 0 Å². The molecule has 33 heavy (non-hydrogen) atoms. The number of hydrogen-bond donors (Lipinski definition) is 0. The largest absolute Gasteiger partial charge is 0.493 e. The minimum absolute atomic E-state index is 0.0471. The van der Waals surface area contributed by atoms with Crippen molar-refractivity contribution in [3.63, 3.8) is 0 Å². The van der Waals surface area contributed by atoms with Gasteiger partial charge in [-0.3, -0.25) is 14.4 Å². The first-order valence-corrected chi connectivity index (χ1v) is 11.1. The Hall–Kier alpha value is -3.22. The molecule has 3 atom stereocenters. The van der Waals surface area contributed by atoms with E-state index in [1.807, 2.05) is 25.1 Å². The predicted octanol–water partition coefficient (Wildman–Crippen LogP) is 4.67. The molecule has 7 nitrogen and oxygen atoms in total. The van der Waals surface area contributed by atoms with Crippen LogP contribution in [0.4, 0.5) is 0 Å². The first-order valence-electron chi connectivity index (χ1n) is 11.1. The zero-order valence-corrected chi connectivity index (χ0v) is 20.2. The molecule has 0 N–H and O–H groups in total. The molecule has 1 aromatic carbocycles. The van der Waals surface area contributed by atoms with E-state index in [9.17, 15) is 14.4 Å². The Labute approximate surface area is 195 Å².